The maximum Gasteiger partial charge on any atom is 0.212 e. The van der Waals surface area contributed by atoms with Crippen molar-refractivity contribution in [1.82, 2.24) is 10.3 Å². The summed E-state index contributed by atoms with van der Waals surface area (Å²) in [6.07, 6.45) is 7.99. The van der Waals surface area contributed by atoms with Crippen LogP contribution in [0.4, 0.5) is 0 Å². The average Bonchev–Trinajstić information content (AvgIpc) is 2.40. The lowest BCUT2D eigenvalue weighted by atomic mass is 9.78. The average molecular weight is 230 g/mol. The van der Waals surface area contributed by atoms with E-state index in [2.05, 4.69) is 22.4 Å². The van der Waals surface area contributed by atoms with Crippen LogP contribution in [0.3, 0.4) is 0 Å². The second-order valence-electron chi connectivity index (χ2n) is 4.86. The molecule has 1 N–H and O–H groups in total. The normalized spacial score (nSPS) is 27.5. The van der Waals surface area contributed by atoms with Crippen LogP contribution in [0.15, 0.2) is 24.4 Å². The zero-order chi connectivity index (χ0) is 11.7. The number of piperidine rings is 1. The van der Waals surface area contributed by atoms with Crippen molar-refractivity contribution in [2.24, 2.45) is 5.92 Å². The highest BCUT2D eigenvalue weighted by Gasteiger charge is 2.28. The summed E-state index contributed by atoms with van der Waals surface area (Å²) in [5, 5.41) is 3.56. The van der Waals surface area contributed by atoms with Crippen molar-refractivity contribution in [2.45, 2.75) is 25.3 Å². The van der Waals surface area contributed by atoms with Gasteiger partial charge in [0.1, 0.15) is 0 Å². The van der Waals surface area contributed by atoms with Gasteiger partial charge >= 0.3 is 0 Å². The third-order valence-corrected chi connectivity index (χ3v) is 3.84. The van der Waals surface area contributed by atoms with Gasteiger partial charge in [0, 0.05) is 18.3 Å². The van der Waals surface area contributed by atoms with Crippen LogP contribution in [0.1, 0.15) is 24.8 Å². The van der Waals surface area contributed by atoms with Crippen molar-refractivity contribution < 1.29 is 4.74 Å². The second-order valence-corrected chi connectivity index (χ2v) is 4.86. The molecule has 1 aromatic rings. The molecule has 2 heterocycles. The molecule has 3 nitrogen and oxygen atoms in total. The number of ether oxygens (including phenoxy) is 1. The minimum Gasteiger partial charge on any atom is -0.481 e. The molecule has 90 valence electrons. The maximum absolute atomic E-state index is 5.10. The number of allylic oxidation sites excluding steroid dienone is 1. The van der Waals surface area contributed by atoms with E-state index in [1.165, 1.54) is 24.0 Å². The van der Waals surface area contributed by atoms with Crippen LogP contribution in [0.5, 0.6) is 5.88 Å². The van der Waals surface area contributed by atoms with Crippen molar-refractivity contribution in [2.75, 3.05) is 13.7 Å². The number of hydrogen-bond donors (Lipinski definition) is 1. The summed E-state index contributed by atoms with van der Waals surface area (Å²) in [7, 11) is 1.65. The predicted octanol–water partition coefficient (Wildman–Crippen LogP) is 2.25. The number of nitrogens with zero attached hydrogens (tertiary/aromatic N) is 1. The summed E-state index contributed by atoms with van der Waals surface area (Å²) in [6.45, 7) is 1.15. The van der Waals surface area contributed by atoms with Gasteiger partial charge in [-0.05, 0) is 48.9 Å². The summed E-state index contributed by atoms with van der Waals surface area (Å²) >= 11 is 0. The van der Waals surface area contributed by atoms with E-state index in [1.54, 1.807) is 7.11 Å². The molecule has 2 bridgehead atoms. The summed E-state index contributed by atoms with van der Waals surface area (Å²) in [6, 6.07) is 4.77. The Balaban J connectivity index is 1.87. The van der Waals surface area contributed by atoms with Gasteiger partial charge in [0.05, 0.1) is 7.11 Å². The Bertz CT molecular complexity index is 424. The molecule has 1 saturated heterocycles. The lowest BCUT2D eigenvalue weighted by Crippen LogP contribution is -2.40. The maximum atomic E-state index is 5.10. The Kier molecular flexibility index (Phi) is 2.85. The van der Waals surface area contributed by atoms with E-state index < -0.39 is 0 Å². The Morgan fingerprint density at radius 2 is 2.35 bits per heavy atom. The van der Waals surface area contributed by atoms with Crippen molar-refractivity contribution in [3.05, 3.63) is 30.0 Å². The van der Waals surface area contributed by atoms with E-state index in [4.69, 9.17) is 4.74 Å². The molecule has 17 heavy (non-hydrogen) atoms. The van der Waals surface area contributed by atoms with E-state index in [0.717, 1.165) is 13.0 Å². The Morgan fingerprint density at radius 1 is 1.41 bits per heavy atom. The van der Waals surface area contributed by atoms with Gasteiger partial charge in [-0.1, -0.05) is 6.08 Å². The van der Waals surface area contributed by atoms with E-state index in [-0.39, 0.29) is 0 Å². The zero-order valence-corrected chi connectivity index (χ0v) is 10.1. The van der Waals surface area contributed by atoms with Crippen LogP contribution >= 0.6 is 0 Å². The third kappa shape index (κ3) is 2.07. The number of nitrogens with one attached hydrogen (secondary N) is 1. The van der Waals surface area contributed by atoms with E-state index in [0.29, 0.717) is 17.8 Å². The molecule has 1 aromatic heterocycles. The van der Waals surface area contributed by atoms with E-state index in [9.17, 15) is 0 Å². The molecule has 2 aliphatic rings. The van der Waals surface area contributed by atoms with Gasteiger partial charge < -0.3 is 10.1 Å². The first-order valence-electron chi connectivity index (χ1n) is 6.30. The fourth-order valence-electron chi connectivity index (χ4n) is 2.93. The van der Waals surface area contributed by atoms with Crippen LogP contribution in [-0.2, 0) is 0 Å². The fraction of sp³-hybridized carbons (Fsp3) is 0.500. The molecule has 2 unspecified atom stereocenters. The lowest BCUT2D eigenvalue weighted by Gasteiger charge is -2.35. The molecule has 2 atom stereocenters. The van der Waals surface area contributed by atoms with Crippen molar-refractivity contribution in [3.63, 3.8) is 0 Å². The highest BCUT2D eigenvalue weighted by Crippen LogP contribution is 2.36. The van der Waals surface area contributed by atoms with Crippen molar-refractivity contribution >= 4 is 5.57 Å². The monoisotopic (exact) mass is 230 g/mol. The Hall–Kier alpha value is -1.35. The Labute approximate surface area is 102 Å². The molecule has 0 radical (unpaired) electrons. The molecular formula is C14H18N2O. The number of methoxy groups -OCH3 is 1. The number of pyridine rings is 1. The van der Waals surface area contributed by atoms with Crippen LogP contribution < -0.4 is 10.1 Å². The van der Waals surface area contributed by atoms with Gasteiger partial charge in [0.2, 0.25) is 5.88 Å². The second kappa shape index (κ2) is 4.49. The van der Waals surface area contributed by atoms with Gasteiger partial charge in [-0.3, -0.25) is 0 Å². The number of aromatic nitrogens is 1. The van der Waals surface area contributed by atoms with Gasteiger partial charge in [0.15, 0.2) is 0 Å². The lowest BCUT2D eigenvalue weighted by molar-refractivity contribution is 0.339. The molecular weight excluding hydrogens is 212 g/mol. The number of rotatable bonds is 2. The molecule has 3 rings (SSSR count). The first-order valence-corrected chi connectivity index (χ1v) is 6.30. The molecule has 1 fully saturated rings. The molecule has 0 amide bonds. The minimum absolute atomic E-state index is 0.688. The van der Waals surface area contributed by atoms with Gasteiger partial charge in [0.25, 0.3) is 0 Å². The van der Waals surface area contributed by atoms with Gasteiger partial charge in [-0.15, -0.1) is 0 Å². The molecule has 1 aliphatic carbocycles. The van der Waals surface area contributed by atoms with Gasteiger partial charge in [-0.2, -0.15) is 0 Å². The summed E-state index contributed by atoms with van der Waals surface area (Å²) < 4.78 is 5.10. The van der Waals surface area contributed by atoms with E-state index >= 15 is 0 Å². The highest BCUT2D eigenvalue weighted by molar-refractivity contribution is 5.68. The standard InChI is InChI=1S/C14H18N2O/c1-17-14-5-2-11(9-16-14)13-4-3-12-8-10(13)6-7-15-12/h2,4-5,9-10,12,15H,3,6-8H2,1H3. The van der Waals surface area contributed by atoms with E-state index in [1.807, 2.05) is 12.3 Å². The van der Waals surface area contributed by atoms with Gasteiger partial charge in [-0.25, -0.2) is 4.98 Å². The van der Waals surface area contributed by atoms with Crippen LogP contribution in [0.2, 0.25) is 0 Å². The Morgan fingerprint density at radius 3 is 3.12 bits per heavy atom. The SMILES string of the molecule is COc1ccc(C2=CCC3CC2CCN3)cn1. The predicted molar refractivity (Wildman–Crippen MR) is 67.9 cm³/mol. The molecule has 3 heteroatoms. The van der Waals surface area contributed by atoms with Crippen molar-refractivity contribution in [3.8, 4) is 5.88 Å². The first-order chi connectivity index (χ1) is 8.36. The molecule has 0 spiro atoms. The van der Waals surface area contributed by atoms with Crippen LogP contribution in [-0.4, -0.2) is 24.7 Å². The number of hydrogen-bond acceptors (Lipinski definition) is 3. The zero-order valence-electron chi connectivity index (χ0n) is 10.1. The summed E-state index contributed by atoms with van der Waals surface area (Å²) in [5.74, 6) is 1.40. The van der Waals surface area contributed by atoms with Crippen molar-refractivity contribution in [1.29, 1.82) is 0 Å². The van der Waals surface area contributed by atoms with Crippen LogP contribution in [0.25, 0.3) is 5.57 Å². The van der Waals surface area contributed by atoms with Crippen LogP contribution in [0, 0.1) is 5.92 Å². The molecule has 0 saturated carbocycles. The fourth-order valence-corrected chi connectivity index (χ4v) is 2.93. The quantitative estimate of drug-likeness (QED) is 0.846. The summed E-state index contributed by atoms with van der Waals surface area (Å²) in [5.41, 5.74) is 2.74. The minimum atomic E-state index is 0.688. The smallest absolute Gasteiger partial charge is 0.212 e. The highest BCUT2D eigenvalue weighted by atomic mass is 16.5. The third-order valence-electron chi connectivity index (χ3n) is 3.84. The first kappa shape index (κ1) is 10.8. The number of fused-ring (bicyclic) bond motifs is 2. The summed E-state index contributed by atoms with van der Waals surface area (Å²) in [4.78, 5) is 4.30. The topological polar surface area (TPSA) is 34.1 Å². The molecule has 0 aromatic carbocycles. The largest absolute Gasteiger partial charge is 0.481 e. The molecule has 1 aliphatic heterocycles.